The van der Waals surface area contributed by atoms with Gasteiger partial charge in [0.25, 0.3) is 0 Å². The zero-order valence-electron chi connectivity index (χ0n) is 19.2. The maximum atomic E-state index is 13.0. The molecule has 4 heterocycles. The molecule has 0 N–H and O–H groups in total. The molecule has 11 heteroatoms. The maximum Gasteiger partial charge on any atom is 0.343 e. The predicted molar refractivity (Wildman–Crippen MR) is 129 cm³/mol. The van der Waals surface area contributed by atoms with Crippen LogP contribution in [0, 0.1) is 0 Å². The first-order chi connectivity index (χ1) is 17.0. The van der Waals surface area contributed by atoms with Gasteiger partial charge in [0.2, 0.25) is 6.23 Å². The number of rotatable bonds is 8. The first-order valence-electron chi connectivity index (χ1n) is 11.2. The largest absolute Gasteiger partial charge is 0.489 e. The number of halogens is 1. The van der Waals surface area contributed by atoms with Crippen LogP contribution < -0.4 is 19.6 Å². The molecule has 0 saturated carbocycles. The molecule has 1 unspecified atom stereocenters. The lowest BCUT2D eigenvalue weighted by Crippen LogP contribution is -2.28. The van der Waals surface area contributed by atoms with Crippen molar-refractivity contribution in [1.82, 2.24) is 9.55 Å². The third kappa shape index (κ3) is 4.26. The van der Waals surface area contributed by atoms with Gasteiger partial charge in [0, 0.05) is 56.0 Å². The van der Waals surface area contributed by atoms with Crippen LogP contribution in [0.25, 0.3) is 11.3 Å². The molecule has 0 saturated heterocycles. The number of carbonyl (C=O) groups is 1. The summed E-state index contributed by atoms with van der Waals surface area (Å²) in [6.07, 6.45) is 2.07. The Balaban J connectivity index is 1.67. The fourth-order valence-electron chi connectivity index (χ4n) is 4.25. The van der Waals surface area contributed by atoms with Crippen LogP contribution in [0.3, 0.4) is 0 Å². The highest BCUT2D eigenvalue weighted by atomic mass is 35.5. The molecule has 0 fully saturated rings. The Morgan fingerprint density at radius 3 is 2.94 bits per heavy atom. The smallest absolute Gasteiger partial charge is 0.343 e. The zero-order valence-corrected chi connectivity index (χ0v) is 20.7. The molecule has 1 aromatic carbocycles. The van der Waals surface area contributed by atoms with Gasteiger partial charge < -0.3 is 28.3 Å². The fourth-order valence-corrected chi connectivity index (χ4v) is 5.28. The average molecular weight is 519 g/mol. The van der Waals surface area contributed by atoms with E-state index < -0.39 is 17.6 Å². The molecule has 2 aromatic heterocycles. The Morgan fingerprint density at radius 1 is 1.34 bits per heavy atom. The molecule has 0 bridgehead atoms. The van der Waals surface area contributed by atoms with Crippen molar-refractivity contribution in [1.29, 1.82) is 0 Å². The fraction of sp³-hybridized carbons (Fsp3) is 0.375. The van der Waals surface area contributed by atoms with Crippen LogP contribution in [0.4, 0.5) is 0 Å². The molecule has 0 amide bonds. The summed E-state index contributed by atoms with van der Waals surface area (Å²) < 4.78 is 30.3. The topological polar surface area (TPSA) is 98.1 Å². The van der Waals surface area contributed by atoms with Crippen molar-refractivity contribution in [3.8, 4) is 28.5 Å². The molecule has 0 radical (unpaired) electrons. The number of pyridine rings is 1. The van der Waals surface area contributed by atoms with Crippen molar-refractivity contribution in [3.63, 3.8) is 0 Å². The molecular weight excluding hydrogens is 496 g/mol. The minimum atomic E-state index is -0.743. The second-order valence-corrected chi connectivity index (χ2v) is 9.14. The van der Waals surface area contributed by atoms with E-state index in [1.54, 1.807) is 30.2 Å². The van der Waals surface area contributed by atoms with E-state index in [0.717, 1.165) is 17.5 Å². The molecule has 3 aromatic rings. The zero-order chi connectivity index (χ0) is 24.5. The first kappa shape index (κ1) is 23.7. The van der Waals surface area contributed by atoms with Crippen molar-refractivity contribution >= 4 is 28.9 Å². The monoisotopic (exact) mass is 518 g/mol. The van der Waals surface area contributed by atoms with E-state index in [2.05, 4.69) is 4.98 Å². The maximum absolute atomic E-state index is 13.0. The minimum absolute atomic E-state index is 0.0840. The van der Waals surface area contributed by atoms with Crippen LogP contribution in [0.15, 0.2) is 28.6 Å². The number of thiazole rings is 1. The van der Waals surface area contributed by atoms with Gasteiger partial charge in [-0.1, -0.05) is 11.6 Å². The van der Waals surface area contributed by atoms with Gasteiger partial charge >= 0.3 is 5.97 Å². The molecule has 1 atom stereocenters. The normalized spacial score (nSPS) is 15.5. The molecule has 2 aliphatic heterocycles. The third-order valence-electron chi connectivity index (χ3n) is 5.75. The van der Waals surface area contributed by atoms with Crippen LogP contribution in [0.2, 0.25) is 5.15 Å². The number of hydrogen-bond donors (Lipinski definition) is 0. The predicted octanol–water partition coefficient (Wildman–Crippen LogP) is 4.09. The highest BCUT2D eigenvalue weighted by molar-refractivity contribution is 7.10. The lowest BCUT2D eigenvalue weighted by Gasteiger charge is -2.32. The van der Waals surface area contributed by atoms with Crippen molar-refractivity contribution in [3.05, 3.63) is 55.2 Å². The van der Waals surface area contributed by atoms with Gasteiger partial charge in [-0.25, -0.2) is 9.78 Å². The van der Waals surface area contributed by atoms with Crippen molar-refractivity contribution in [2.24, 2.45) is 0 Å². The Kier molecular flexibility index (Phi) is 6.68. The van der Waals surface area contributed by atoms with Crippen molar-refractivity contribution in [2.45, 2.75) is 26.0 Å². The van der Waals surface area contributed by atoms with Crippen molar-refractivity contribution in [2.75, 3.05) is 33.5 Å². The van der Waals surface area contributed by atoms with E-state index in [-0.39, 0.29) is 17.3 Å². The Hall–Kier alpha value is -3.08. The summed E-state index contributed by atoms with van der Waals surface area (Å²) in [4.78, 5) is 30.2. The summed E-state index contributed by atoms with van der Waals surface area (Å²) >= 11 is 7.69. The van der Waals surface area contributed by atoms with Crippen LogP contribution in [-0.4, -0.2) is 49.1 Å². The molecular formula is C24H23ClN2O7S. The number of nitrogens with zero attached hydrogens (tertiary/aromatic N) is 2. The van der Waals surface area contributed by atoms with E-state index in [1.165, 1.54) is 23.6 Å². The van der Waals surface area contributed by atoms with E-state index in [0.29, 0.717) is 54.1 Å². The Morgan fingerprint density at radius 2 is 2.20 bits per heavy atom. The van der Waals surface area contributed by atoms with Crippen LogP contribution in [0.5, 0.6) is 17.2 Å². The minimum Gasteiger partial charge on any atom is -0.489 e. The second-order valence-electron chi connectivity index (χ2n) is 7.89. The number of aromatic nitrogens is 2. The van der Waals surface area contributed by atoms with Gasteiger partial charge in [0.1, 0.15) is 21.3 Å². The van der Waals surface area contributed by atoms with Gasteiger partial charge in [-0.3, -0.25) is 4.79 Å². The summed E-state index contributed by atoms with van der Waals surface area (Å²) in [5.74, 6) is 1.04. The molecule has 35 heavy (non-hydrogen) atoms. The van der Waals surface area contributed by atoms with Crippen LogP contribution in [-0.2, 0) is 15.9 Å². The number of methoxy groups -OCH3 is 1. The number of esters is 1. The summed E-state index contributed by atoms with van der Waals surface area (Å²) in [7, 11) is 1.64. The average Bonchev–Trinajstić information content (AvgIpc) is 3.50. The SMILES string of the molecule is CCOC(=O)c1cn2c(cc1=O)-c1c(cc(OCCCOC)c3c1CCO3)OC2c1scnc1Cl. The standard InChI is InChI=1S/C24H23ClN2O7S/c1-3-31-24(29)14-11-27-15(9-16(14)28)19-13-5-8-33-20(13)18(32-7-4-6-30-2)10-17(19)34-23(27)21-22(25)26-12-35-21/h9-12,23H,3-8H2,1-2H3. The number of ether oxygens (including phenoxy) is 5. The second kappa shape index (κ2) is 9.88. The van der Waals surface area contributed by atoms with E-state index >= 15 is 0 Å². The van der Waals surface area contributed by atoms with Gasteiger partial charge in [0.05, 0.1) is 31.0 Å². The molecule has 5 rings (SSSR count). The number of fused-ring (bicyclic) bond motifs is 5. The van der Waals surface area contributed by atoms with E-state index in [1.807, 2.05) is 0 Å². The lowest BCUT2D eigenvalue weighted by molar-refractivity contribution is 0.0522. The van der Waals surface area contributed by atoms with Gasteiger partial charge in [-0.05, 0) is 6.92 Å². The van der Waals surface area contributed by atoms with Gasteiger partial charge in [0.15, 0.2) is 16.9 Å². The molecule has 184 valence electrons. The molecule has 2 aliphatic rings. The van der Waals surface area contributed by atoms with Gasteiger partial charge in [-0.15, -0.1) is 11.3 Å². The molecule has 0 spiro atoms. The Labute approximate surface area is 210 Å². The van der Waals surface area contributed by atoms with Gasteiger partial charge in [-0.2, -0.15) is 0 Å². The number of benzene rings is 1. The summed E-state index contributed by atoms with van der Waals surface area (Å²) in [6.45, 7) is 3.35. The van der Waals surface area contributed by atoms with Crippen molar-refractivity contribution < 1.29 is 28.5 Å². The summed E-state index contributed by atoms with van der Waals surface area (Å²) in [6, 6.07) is 3.22. The van der Waals surface area contributed by atoms with Crippen LogP contribution >= 0.6 is 22.9 Å². The number of hydrogen-bond acceptors (Lipinski definition) is 9. The highest BCUT2D eigenvalue weighted by Crippen LogP contribution is 2.51. The Bertz CT molecular complexity index is 1340. The highest BCUT2D eigenvalue weighted by Gasteiger charge is 2.36. The number of carbonyl (C=O) groups excluding carboxylic acids is 1. The lowest BCUT2D eigenvalue weighted by atomic mass is 9.97. The first-order valence-corrected chi connectivity index (χ1v) is 12.4. The third-order valence-corrected chi connectivity index (χ3v) is 7.03. The van der Waals surface area contributed by atoms with Crippen LogP contribution in [0.1, 0.15) is 40.4 Å². The molecule has 9 nitrogen and oxygen atoms in total. The summed E-state index contributed by atoms with van der Waals surface area (Å²) in [5, 5.41) is 0.284. The van der Waals surface area contributed by atoms with E-state index in [9.17, 15) is 9.59 Å². The molecule has 0 aliphatic carbocycles. The van der Waals surface area contributed by atoms with E-state index in [4.69, 9.17) is 35.3 Å². The quantitative estimate of drug-likeness (QED) is 0.325. The summed E-state index contributed by atoms with van der Waals surface area (Å²) in [5.41, 5.74) is 3.29.